The van der Waals surface area contributed by atoms with Gasteiger partial charge in [0, 0.05) is 5.88 Å². The fourth-order valence-electron chi connectivity index (χ4n) is 1.21. The number of hydrogen-bond acceptors (Lipinski definition) is 1. The highest BCUT2D eigenvalue weighted by atomic mass is 35.5. The highest BCUT2D eigenvalue weighted by Crippen LogP contribution is 2.18. The molecule has 0 amide bonds. The molecule has 0 bridgehead atoms. The van der Waals surface area contributed by atoms with Crippen molar-refractivity contribution in [3.63, 3.8) is 0 Å². The van der Waals surface area contributed by atoms with E-state index in [2.05, 4.69) is 12.1 Å². The molecule has 1 rings (SSSR count). The number of methoxy groups -OCH3 is 1. The molecule has 1 aromatic carbocycles. The zero-order valence-electron chi connectivity index (χ0n) is 8.59. The third-order valence-corrected chi connectivity index (χ3v) is 2.50. The van der Waals surface area contributed by atoms with Crippen molar-refractivity contribution in [3.05, 3.63) is 41.5 Å². The van der Waals surface area contributed by atoms with Gasteiger partial charge in [0.2, 0.25) is 0 Å². The molecule has 0 saturated carbocycles. The molecule has 0 saturated heterocycles. The van der Waals surface area contributed by atoms with Crippen LogP contribution in [0.1, 0.15) is 12.5 Å². The lowest BCUT2D eigenvalue weighted by Crippen LogP contribution is -1.90. The Morgan fingerprint density at radius 1 is 1.43 bits per heavy atom. The van der Waals surface area contributed by atoms with E-state index in [0.717, 1.165) is 12.2 Å². The van der Waals surface area contributed by atoms with Crippen LogP contribution in [0.2, 0.25) is 0 Å². The van der Waals surface area contributed by atoms with Gasteiger partial charge in [-0.05, 0) is 25.0 Å². The molecular weight excluding hydrogens is 196 g/mol. The van der Waals surface area contributed by atoms with Crippen molar-refractivity contribution in [2.75, 3.05) is 13.0 Å². The van der Waals surface area contributed by atoms with E-state index < -0.39 is 0 Å². The lowest BCUT2D eigenvalue weighted by molar-refractivity contribution is 0.410. The van der Waals surface area contributed by atoms with Gasteiger partial charge in [-0.15, -0.1) is 11.6 Å². The molecule has 76 valence electrons. The third-order valence-electron chi connectivity index (χ3n) is 2.07. The molecule has 0 fully saturated rings. The molecule has 0 radical (unpaired) electrons. The average molecular weight is 211 g/mol. The third kappa shape index (κ3) is 3.08. The molecule has 0 heterocycles. The predicted octanol–water partition coefficient (Wildman–Crippen LogP) is 3.42. The minimum absolute atomic E-state index is 0.592. The van der Waals surface area contributed by atoms with Crippen LogP contribution in [-0.2, 0) is 6.42 Å². The average Bonchev–Trinajstić information content (AvgIpc) is 2.26. The maximum atomic E-state index is 5.69. The quantitative estimate of drug-likeness (QED) is 0.547. The first-order chi connectivity index (χ1) is 6.77. The van der Waals surface area contributed by atoms with Crippen LogP contribution in [0.5, 0.6) is 5.75 Å². The number of hydrogen-bond donors (Lipinski definition) is 0. The second-order valence-electron chi connectivity index (χ2n) is 3.20. The summed E-state index contributed by atoms with van der Waals surface area (Å²) in [4.78, 5) is 0. The highest BCUT2D eigenvalue weighted by Gasteiger charge is 1.98. The molecule has 0 aromatic heterocycles. The maximum absolute atomic E-state index is 5.69. The van der Waals surface area contributed by atoms with Crippen molar-refractivity contribution in [2.45, 2.75) is 13.3 Å². The van der Waals surface area contributed by atoms with Gasteiger partial charge in [-0.25, -0.2) is 0 Å². The molecule has 0 atom stereocenters. The van der Waals surface area contributed by atoms with E-state index in [4.69, 9.17) is 16.3 Å². The van der Waals surface area contributed by atoms with E-state index >= 15 is 0 Å². The number of allylic oxidation sites excluding steroid dienone is 2. The zero-order chi connectivity index (χ0) is 10.4. The Morgan fingerprint density at radius 2 is 2.14 bits per heavy atom. The van der Waals surface area contributed by atoms with Crippen LogP contribution in [0.15, 0.2) is 35.9 Å². The summed E-state index contributed by atoms with van der Waals surface area (Å²) in [5.74, 6) is 1.53. The smallest absolute Gasteiger partial charge is 0.122 e. The monoisotopic (exact) mass is 210 g/mol. The first-order valence-electron chi connectivity index (χ1n) is 4.61. The fourth-order valence-corrected chi connectivity index (χ4v) is 1.32. The standard InChI is InChI=1S/C12H15ClO/c1-10(9-13)7-8-11-5-3-4-6-12(11)14-2/h3-7H,8-9H2,1-2H3. The summed E-state index contributed by atoms with van der Waals surface area (Å²) >= 11 is 5.69. The molecule has 0 aliphatic rings. The number of halogens is 1. The number of rotatable bonds is 4. The van der Waals surface area contributed by atoms with Crippen molar-refractivity contribution >= 4 is 11.6 Å². The van der Waals surface area contributed by atoms with Crippen LogP contribution in [-0.4, -0.2) is 13.0 Å². The number of para-hydroxylation sites is 1. The van der Waals surface area contributed by atoms with Gasteiger partial charge >= 0.3 is 0 Å². The second kappa shape index (κ2) is 5.71. The Bertz CT molecular complexity index is 318. The first-order valence-corrected chi connectivity index (χ1v) is 5.15. The van der Waals surface area contributed by atoms with E-state index in [1.165, 1.54) is 11.1 Å². The lowest BCUT2D eigenvalue weighted by atomic mass is 10.1. The van der Waals surface area contributed by atoms with Gasteiger partial charge in [0.1, 0.15) is 5.75 Å². The molecule has 14 heavy (non-hydrogen) atoms. The summed E-state index contributed by atoms with van der Waals surface area (Å²) in [6, 6.07) is 8.03. The normalized spacial score (nSPS) is 11.5. The SMILES string of the molecule is COc1ccccc1CC=C(C)CCl. The summed E-state index contributed by atoms with van der Waals surface area (Å²) in [7, 11) is 1.69. The molecule has 0 aliphatic carbocycles. The largest absolute Gasteiger partial charge is 0.496 e. The molecule has 1 nitrogen and oxygen atoms in total. The van der Waals surface area contributed by atoms with Crippen molar-refractivity contribution < 1.29 is 4.74 Å². The molecule has 0 aliphatic heterocycles. The number of ether oxygens (including phenoxy) is 1. The fraction of sp³-hybridized carbons (Fsp3) is 0.333. The Morgan fingerprint density at radius 3 is 2.79 bits per heavy atom. The van der Waals surface area contributed by atoms with Crippen LogP contribution in [0, 0.1) is 0 Å². The summed E-state index contributed by atoms with van der Waals surface area (Å²) in [6.45, 7) is 2.03. The Kier molecular flexibility index (Phi) is 4.54. The van der Waals surface area contributed by atoms with E-state index in [9.17, 15) is 0 Å². The lowest BCUT2D eigenvalue weighted by Gasteiger charge is -2.05. The summed E-state index contributed by atoms with van der Waals surface area (Å²) < 4.78 is 5.25. The van der Waals surface area contributed by atoms with Crippen molar-refractivity contribution in [1.29, 1.82) is 0 Å². The van der Waals surface area contributed by atoms with Gasteiger partial charge in [-0.2, -0.15) is 0 Å². The molecule has 2 heteroatoms. The van der Waals surface area contributed by atoms with Crippen LogP contribution in [0.4, 0.5) is 0 Å². The first kappa shape index (κ1) is 11.1. The number of alkyl halides is 1. The van der Waals surface area contributed by atoms with Crippen LogP contribution in [0.25, 0.3) is 0 Å². The maximum Gasteiger partial charge on any atom is 0.122 e. The Labute approximate surface area is 90.3 Å². The van der Waals surface area contributed by atoms with E-state index in [-0.39, 0.29) is 0 Å². The molecular formula is C12H15ClO. The molecule has 1 aromatic rings. The van der Waals surface area contributed by atoms with E-state index in [0.29, 0.717) is 5.88 Å². The van der Waals surface area contributed by atoms with Gasteiger partial charge in [-0.1, -0.05) is 29.8 Å². The summed E-state index contributed by atoms with van der Waals surface area (Å²) in [6.07, 6.45) is 3.01. The van der Waals surface area contributed by atoms with Gasteiger partial charge in [0.25, 0.3) is 0 Å². The van der Waals surface area contributed by atoms with Crippen LogP contribution < -0.4 is 4.74 Å². The van der Waals surface area contributed by atoms with Crippen molar-refractivity contribution in [2.24, 2.45) is 0 Å². The van der Waals surface area contributed by atoms with E-state index in [1.54, 1.807) is 7.11 Å². The van der Waals surface area contributed by atoms with Gasteiger partial charge < -0.3 is 4.74 Å². The predicted molar refractivity (Wildman–Crippen MR) is 61.2 cm³/mol. The van der Waals surface area contributed by atoms with Gasteiger partial charge in [0.05, 0.1) is 7.11 Å². The summed E-state index contributed by atoms with van der Waals surface area (Å²) in [5.41, 5.74) is 2.39. The molecule has 0 unspecified atom stereocenters. The molecule has 0 N–H and O–H groups in total. The highest BCUT2D eigenvalue weighted by molar-refractivity contribution is 6.19. The minimum Gasteiger partial charge on any atom is -0.496 e. The van der Waals surface area contributed by atoms with Gasteiger partial charge in [0.15, 0.2) is 0 Å². The topological polar surface area (TPSA) is 9.23 Å². The van der Waals surface area contributed by atoms with Crippen LogP contribution in [0.3, 0.4) is 0 Å². The second-order valence-corrected chi connectivity index (χ2v) is 3.47. The molecule has 0 spiro atoms. The van der Waals surface area contributed by atoms with Crippen LogP contribution >= 0.6 is 11.6 Å². The summed E-state index contributed by atoms with van der Waals surface area (Å²) in [5, 5.41) is 0. The van der Waals surface area contributed by atoms with E-state index in [1.807, 2.05) is 25.1 Å². The minimum atomic E-state index is 0.592. The van der Waals surface area contributed by atoms with Gasteiger partial charge in [-0.3, -0.25) is 0 Å². The zero-order valence-corrected chi connectivity index (χ0v) is 9.34. The number of benzene rings is 1. The van der Waals surface area contributed by atoms with Crippen molar-refractivity contribution in [3.8, 4) is 5.75 Å². The Hall–Kier alpha value is -0.950. The van der Waals surface area contributed by atoms with Crippen molar-refractivity contribution in [1.82, 2.24) is 0 Å². The Balaban J connectivity index is 2.76.